The molecular weight excluding hydrogens is 374 g/mol. The van der Waals surface area contributed by atoms with Crippen LogP contribution in [0.1, 0.15) is 25.7 Å². The normalized spacial score (nSPS) is 23.0. The van der Waals surface area contributed by atoms with Crippen molar-refractivity contribution < 1.29 is 8.42 Å². The zero-order valence-corrected chi connectivity index (χ0v) is 15.3. The van der Waals surface area contributed by atoms with Crippen LogP contribution >= 0.6 is 27.7 Å². The SMILES string of the molecule is CNc1ncc(Br)cc1S(=O)(=O)NC1CCCC(SC)C1. The molecular formula is C13H20BrN3O2S2. The van der Waals surface area contributed by atoms with Crippen LogP contribution in [0, 0.1) is 0 Å². The lowest BCUT2D eigenvalue weighted by atomic mass is 9.96. The van der Waals surface area contributed by atoms with Crippen LogP contribution in [0.25, 0.3) is 0 Å². The molecule has 2 atom stereocenters. The largest absolute Gasteiger partial charge is 0.372 e. The van der Waals surface area contributed by atoms with Crippen molar-refractivity contribution in [1.29, 1.82) is 0 Å². The fraction of sp³-hybridized carbons (Fsp3) is 0.615. The summed E-state index contributed by atoms with van der Waals surface area (Å²) in [4.78, 5) is 4.29. The van der Waals surface area contributed by atoms with Crippen LogP contribution in [0.3, 0.4) is 0 Å². The van der Waals surface area contributed by atoms with Gasteiger partial charge < -0.3 is 5.32 Å². The third-order valence-corrected chi connectivity index (χ3v) is 6.69. The molecule has 1 aliphatic rings. The van der Waals surface area contributed by atoms with Gasteiger partial charge in [0.25, 0.3) is 0 Å². The number of sulfonamides is 1. The van der Waals surface area contributed by atoms with Crippen LogP contribution in [0.4, 0.5) is 5.82 Å². The molecule has 1 fully saturated rings. The Hall–Kier alpha value is -0.310. The van der Waals surface area contributed by atoms with Gasteiger partial charge in [-0.25, -0.2) is 18.1 Å². The summed E-state index contributed by atoms with van der Waals surface area (Å²) in [6.07, 6.45) is 7.67. The van der Waals surface area contributed by atoms with E-state index in [1.54, 1.807) is 19.3 Å². The minimum absolute atomic E-state index is 0.00453. The summed E-state index contributed by atoms with van der Waals surface area (Å²) < 4.78 is 28.7. The van der Waals surface area contributed by atoms with E-state index in [0.717, 1.165) is 19.3 Å². The molecule has 118 valence electrons. The van der Waals surface area contributed by atoms with Gasteiger partial charge in [-0.1, -0.05) is 6.42 Å². The van der Waals surface area contributed by atoms with Gasteiger partial charge in [0.1, 0.15) is 10.7 Å². The summed E-state index contributed by atoms with van der Waals surface area (Å²) in [5.41, 5.74) is 0. The van der Waals surface area contributed by atoms with Gasteiger partial charge in [-0.2, -0.15) is 11.8 Å². The molecule has 1 aliphatic carbocycles. The van der Waals surface area contributed by atoms with Gasteiger partial charge in [0.2, 0.25) is 10.0 Å². The van der Waals surface area contributed by atoms with E-state index < -0.39 is 10.0 Å². The van der Waals surface area contributed by atoms with Crippen molar-refractivity contribution in [3.05, 3.63) is 16.7 Å². The van der Waals surface area contributed by atoms with Crippen LogP contribution in [0.15, 0.2) is 21.6 Å². The number of rotatable bonds is 5. The summed E-state index contributed by atoms with van der Waals surface area (Å²) in [6, 6.07) is 1.58. The van der Waals surface area contributed by atoms with Crippen molar-refractivity contribution >= 4 is 43.5 Å². The van der Waals surface area contributed by atoms with E-state index in [0.29, 0.717) is 15.5 Å². The Morgan fingerprint density at radius 2 is 2.19 bits per heavy atom. The van der Waals surface area contributed by atoms with E-state index >= 15 is 0 Å². The fourth-order valence-corrected chi connectivity index (χ4v) is 5.34. The number of nitrogens with zero attached hydrogens (tertiary/aromatic N) is 1. The molecule has 0 amide bonds. The van der Waals surface area contributed by atoms with E-state index in [4.69, 9.17) is 0 Å². The maximum Gasteiger partial charge on any atom is 0.244 e. The molecule has 1 heterocycles. The van der Waals surface area contributed by atoms with Gasteiger partial charge in [-0.15, -0.1) is 0 Å². The lowest BCUT2D eigenvalue weighted by molar-refractivity contribution is 0.421. The minimum Gasteiger partial charge on any atom is -0.372 e. The molecule has 5 nitrogen and oxygen atoms in total. The second kappa shape index (κ2) is 7.30. The van der Waals surface area contributed by atoms with E-state index in [1.165, 1.54) is 6.42 Å². The Balaban J connectivity index is 2.20. The Bertz CT molecular complexity index is 595. The Labute approximate surface area is 138 Å². The van der Waals surface area contributed by atoms with Gasteiger partial charge in [-0.3, -0.25) is 0 Å². The highest BCUT2D eigenvalue weighted by Crippen LogP contribution is 2.29. The van der Waals surface area contributed by atoms with Crippen molar-refractivity contribution in [2.75, 3.05) is 18.6 Å². The predicted molar refractivity (Wildman–Crippen MR) is 91.4 cm³/mol. The van der Waals surface area contributed by atoms with Crippen LogP contribution in [0.5, 0.6) is 0 Å². The van der Waals surface area contributed by atoms with Gasteiger partial charge >= 0.3 is 0 Å². The van der Waals surface area contributed by atoms with E-state index in [9.17, 15) is 8.42 Å². The maximum absolute atomic E-state index is 12.6. The number of aromatic nitrogens is 1. The van der Waals surface area contributed by atoms with Crippen molar-refractivity contribution in [3.63, 3.8) is 0 Å². The highest BCUT2D eigenvalue weighted by molar-refractivity contribution is 9.10. The third-order valence-electron chi connectivity index (χ3n) is 3.63. The molecule has 1 saturated carbocycles. The molecule has 1 aromatic heterocycles. The lowest BCUT2D eigenvalue weighted by Gasteiger charge is -2.28. The topological polar surface area (TPSA) is 71.1 Å². The summed E-state index contributed by atoms with van der Waals surface area (Å²) >= 11 is 5.09. The van der Waals surface area contributed by atoms with E-state index in [-0.39, 0.29) is 10.9 Å². The average molecular weight is 394 g/mol. The summed E-state index contributed by atoms with van der Waals surface area (Å²) in [7, 11) is -1.90. The number of halogens is 1. The van der Waals surface area contributed by atoms with Gasteiger partial charge in [0.05, 0.1) is 0 Å². The van der Waals surface area contributed by atoms with Crippen LogP contribution in [0.2, 0.25) is 0 Å². The first-order chi connectivity index (χ1) is 9.96. The Kier molecular flexibility index (Phi) is 5.93. The quantitative estimate of drug-likeness (QED) is 0.804. The summed E-state index contributed by atoms with van der Waals surface area (Å²) in [5, 5.41) is 3.37. The average Bonchev–Trinajstić information content (AvgIpc) is 2.47. The highest BCUT2D eigenvalue weighted by atomic mass is 79.9. The minimum atomic E-state index is -3.57. The molecule has 0 saturated heterocycles. The first kappa shape index (κ1) is 17.1. The Morgan fingerprint density at radius 3 is 2.86 bits per heavy atom. The number of hydrogen-bond acceptors (Lipinski definition) is 5. The lowest BCUT2D eigenvalue weighted by Crippen LogP contribution is -2.39. The molecule has 0 aromatic carbocycles. The monoisotopic (exact) mass is 393 g/mol. The van der Waals surface area contributed by atoms with Gasteiger partial charge in [-0.05, 0) is 47.5 Å². The van der Waals surface area contributed by atoms with Crippen LogP contribution in [-0.2, 0) is 10.0 Å². The zero-order chi connectivity index (χ0) is 15.5. The molecule has 2 unspecified atom stereocenters. The first-order valence-corrected chi connectivity index (χ1v) is 10.4. The van der Waals surface area contributed by atoms with Crippen molar-refractivity contribution in [2.45, 2.75) is 41.9 Å². The zero-order valence-electron chi connectivity index (χ0n) is 12.1. The second-order valence-electron chi connectivity index (χ2n) is 5.09. The summed E-state index contributed by atoms with van der Waals surface area (Å²) in [6.45, 7) is 0. The third kappa shape index (κ3) is 4.34. The maximum atomic E-state index is 12.6. The first-order valence-electron chi connectivity index (χ1n) is 6.84. The van der Waals surface area contributed by atoms with Crippen molar-refractivity contribution in [1.82, 2.24) is 9.71 Å². The van der Waals surface area contributed by atoms with Crippen LogP contribution < -0.4 is 10.0 Å². The van der Waals surface area contributed by atoms with Crippen molar-refractivity contribution in [3.8, 4) is 0 Å². The van der Waals surface area contributed by atoms with E-state index in [2.05, 4.69) is 37.2 Å². The van der Waals surface area contributed by atoms with E-state index in [1.807, 2.05) is 11.8 Å². The molecule has 1 aromatic rings. The number of anilines is 1. The molecule has 2 rings (SSSR count). The van der Waals surface area contributed by atoms with Gasteiger partial charge in [0.15, 0.2) is 0 Å². The number of nitrogens with one attached hydrogen (secondary N) is 2. The standard InChI is InChI=1S/C13H20BrN3O2S2/c1-15-13-12(6-9(14)8-16-13)21(18,19)17-10-4-3-5-11(7-10)20-2/h6,8,10-11,17H,3-5,7H2,1-2H3,(H,15,16). The van der Waals surface area contributed by atoms with Gasteiger partial charge in [0, 0.05) is 29.0 Å². The van der Waals surface area contributed by atoms with Crippen LogP contribution in [-0.4, -0.2) is 38.0 Å². The molecule has 0 radical (unpaired) electrons. The fourth-order valence-electron chi connectivity index (χ4n) is 2.56. The highest BCUT2D eigenvalue weighted by Gasteiger charge is 2.28. The molecule has 0 bridgehead atoms. The molecule has 21 heavy (non-hydrogen) atoms. The molecule has 2 N–H and O–H groups in total. The summed E-state index contributed by atoms with van der Waals surface area (Å²) in [5.74, 6) is 0.364. The molecule has 0 aliphatic heterocycles. The van der Waals surface area contributed by atoms with Crippen molar-refractivity contribution in [2.24, 2.45) is 0 Å². The Morgan fingerprint density at radius 1 is 1.43 bits per heavy atom. The second-order valence-corrected chi connectivity index (χ2v) is 8.83. The smallest absolute Gasteiger partial charge is 0.244 e. The predicted octanol–water partition coefficient (Wildman–Crippen LogP) is 2.84. The molecule has 0 spiro atoms. The number of thioether (sulfide) groups is 1. The number of pyridine rings is 1. The molecule has 8 heteroatoms. The number of hydrogen-bond donors (Lipinski definition) is 2.